The molecule has 4 aromatic rings. The van der Waals surface area contributed by atoms with Crippen LogP contribution in [0.2, 0.25) is 0 Å². The molecule has 0 radical (unpaired) electrons. The summed E-state index contributed by atoms with van der Waals surface area (Å²) in [5, 5.41) is 7.28. The van der Waals surface area contributed by atoms with Crippen LogP contribution in [0.5, 0.6) is 0 Å². The normalized spacial score (nSPS) is 16.3. The third-order valence-corrected chi connectivity index (χ3v) is 5.07. The smallest absolute Gasteiger partial charge is 0.251 e. The van der Waals surface area contributed by atoms with Gasteiger partial charge in [-0.15, -0.1) is 0 Å². The molecule has 0 spiro atoms. The molecule has 4 aromatic heterocycles. The van der Waals surface area contributed by atoms with E-state index in [0.29, 0.717) is 18.1 Å². The highest BCUT2D eigenvalue weighted by Gasteiger charge is 2.26. The lowest BCUT2D eigenvalue weighted by atomic mass is 10.2. The van der Waals surface area contributed by atoms with Crippen LogP contribution in [-0.4, -0.2) is 49.6 Å². The van der Waals surface area contributed by atoms with Crippen LogP contribution in [0.3, 0.4) is 0 Å². The minimum Gasteiger partial charge on any atom is -0.347 e. The minimum absolute atomic E-state index is 0.0503. The predicted molar refractivity (Wildman–Crippen MR) is 109 cm³/mol. The number of amides is 1. The summed E-state index contributed by atoms with van der Waals surface area (Å²) in [6.07, 6.45) is 9.65. The fraction of sp³-hybridized carbons (Fsp3) is 0.190. The molecular weight excluding hydrogens is 366 g/mol. The predicted octanol–water partition coefficient (Wildman–Crippen LogP) is 2.19. The second-order valence-electron chi connectivity index (χ2n) is 7.00. The zero-order valence-corrected chi connectivity index (χ0v) is 15.6. The molecule has 1 fully saturated rings. The van der Waals surface area contributed by atoms with Crippen molar-refractivity contribution >= 4 is 17.4 Å². The molecule has 1 atom stereocenters. The van der Waals surface area contributed by atoms with Gasteiger partial charge in [-0.1, -0.05) is 0 Å². The van der Waals surface area contributed by atoms with Gasteiger partial charge in [-0.2, -0.15) is 5.10 Å². The molecule has 1 amide bonds. The Morgan fingerprint density at radius 2 is 2.10 bits per heavy atom. The van der Waals surface area contributed by atoms with Crippen LogP contribution < -0.4 is 10.2 Å². The number of fused-ring (bicyclic) bond motifs is 1. The van der Waals surface area contributed by atoms with Gasteiger partial charge in [0.1, 0.15) is 0 Å². The van der Waals surface area contributed by atoms with Gasteiger partial charge in [-0.25, -0.2) is 14.5 Å². The van der Waals surface area contributed by atoms with Crippen molar-refractivity contribution in [2.75, 3.05) is 18.0 Å². The molecule has 1 aliphatic heterocycles. The molecule has 5 rings (SSSR count). The van der Waals surface area contributed by atoms with Gasteiger partial charge in [0.25, 0.3) is 5.91 Å². The van der Waals surface area contributed by atoms with Crippen molar-refractivity contribution in [1.82, 2.24) is 29.9 Å². The van der Waals surface area contributed by atoms with E-state index in [-0.39, 0.29) is 11.9 Å². The molecule has 29 heavy (non-hydrogen) atoms. The van der Waals surface area contributed by atoms with Gasteiger partial charge in [0.15, 0.2) is 0 Å². The first-order valence-corrected chi connectivity index (χ1v) is 9.49. The van der Waals surface area contributed by atoms with Crippen LogP contribution in [0.4, 0.5) is 5.95 Å². The van der Waals surface area contributed by atoms with Gasteiger partial charge in [0, 0.05) is 61.2 Å². The fourth-order valence-corrected chi connectivity index (χ4v) is 3.57. The number of nitrogens with zero attached hydrogens (tertiary/aromatic N) is 6. The number of hydrogen-bond donors (Lipinski definition) is 1. The Kier molecular flexibility index (Phi) is 4.36. The lowest BCUT2D eigenvalue weighted by molar-refractivity contribution is 0.0940. The quantitative estimate of drug-likeness (QED) is 0.579. The molecule has 1 unspecified atom stereocenters. The summed E-state index contributed by atoms with van der Waals surface area (Å²) in [4.78, 5) is 28.0. The van der Waals surface area contributed by atoms with Crippen molar-refractivity contribution in [2.24, 2.45) is 0 Å². The topological polar surface area (TPSA) is 88.3 Å². The molecule has 1 aliphatic rings. The van der Waals surface area contributed by atoms with E-state index in [1.54, 1.807) is 41.6 Å². The number of nitrogens with one attached hydrogen (secondary N) is 1. The van der Waals surface area contributed by atoms with E-state index in [1.807, 2.05) is 30.3 Å². The third-order valence-electron chi connectivity index (χ3n) is 5.07. The number of carbonyl (C=O) groups is 1. The van der Waals surface area contributed by atoms with Crippen LogP contribution in [0.1, 0.15) is 16.8 Å². The van der Waals surface area contributed by atoms with E-state index in [1.165, 1.54) is 0 Å². The van der Waals surface area contributed by atoms with E-state index >= 15 is 0 Å². The number of hydrogen-bond acceptors (Lipinski definition) is 6. The first-order chi connectivity index (χ1) is 14.3. The van der Waals surface area contributed by atoms with Crippen LogP contribution in [0.15, 0.2) is 67.4 Å². The third kappa shape index (κ3) is 3.52. The number of aromatic nitrogens is 5. The lowest BCUT2D eigenvalue weighted by Gasteiger charge is -2.17. The number of anilines is 1. The van der Waals surface area contributed by atoms with Gasteiger partial charge in [0.05, 0.1) is 11.2 Å². The van der Waals surface area contributed by atoms with E-state index in [9.17, 15) is 4.79 Å². The van der Waals surface area contributed by atoms with Crippen molar-refractivity contribution in [3.63, 3.8) is 0 Å². The number of pyridine rings is 2. The molecule has 144 valence electrons. The van der Waals surface area contributed by atoms with E-state index < -0.39 is 0 Å². The monoisotopic (exact) mass is 385 g/mol. The Morgan fingerprint density at radius 3 is 3.00 bits per heavy atom. The maximum Gasteiger partial charge on any atom is 0.251 e. The standard InChI is InChI=1S/C21H19N7O/c29-20(15-5-11-28-18(12-15)3-9-24-28)25-17-6-10-27(14-17)21-23-8-4-19(26-21)16-2-1-7-22-13-16/h1-5,7-9,11-13,17H,6,10,14H2,(H,25,29). The molecule has 0 saturated carbocycles. The SMILES string of the molecule is O=C(NC1CCN(c2nccc(-c3cccnc3)n2)C1)c1ccn2nccc2c1. The van der Waals surface area contributed by atoms with Crippen LogP contribution >= 0.6 is 0 Å². The summed E-state index contributed by atoms with van der Waals surface area (Å²) < 4.78 is 1.74. The summed E-state index contributed by atoms with van der Waals surface area (Å²) >= 11 is 0. The Balaban J connectivity index is 1.27. The molecule has 5 heterocycles. The average Bonchev–Trinajstić information content (AvgIpc) is 3.43. The average molecular weight is 385 g/mol. The fourth-order valence-electron chi connectivity index (χ4n) is 3.57. The first-order valence-electron chi connectivity index (χ1n) is 9.49. The van der Waals surface area contributed by atoms with Gasteiger partial charge < -0.3 is 10.2 Å². The first kappa shape index (κ1) is 17.3. The molecule has 0 aromatic carbocycles. The van der Waals surface area contributed by atoms with Gasteiger partial charge >= 0.3 is 0 Å². The lowest BCUT2D eigenvalue weighted by Crippen LogP contribution is -2.37. The minimum atomic E-state index is -0.0782. The molecule has 1 N–H and O–H groups in total. The highest BCUT2D eigenvalue weighted by molar-refractivity contribution is 5.95. The van der Waals surface area contributed by atoms with Gasteiger partial charge in [-0.05, 0) is 42.8 Å². The number of carbonyl (C=O) groups excluding carboxylic acids is 1. The van der Waals surface area contributed by atoms with Crippen molar-refractivity contribution in [3.05, 3.63) is 72.9 Å². The molecule has 8 heteroatoms. The van der Waals surface area contributed by atoms with Crippen LogP contribution in [-0.2, 0) is 0 Å². The number of rotatable bonds is 4. The molecule has 8 nitrogen and oxygen atoms in total. The Morgan fingerprint density at radius 1 is 1.14 bits per heavy atom. The molecule has 1 saturated heterocycles. The van der Waals surface area contributed by atoms with Crippen LogP contribution in [0, 0.1) is 0 Å². The van der Waals surface area contributed by atoms with Crippen molar-refractivity contribution < 1.29 is 4.79 Å². The van der Waals surface area contributed by atoms with E-state index in [0.717, 1.165) is 29.7 Å². The van der Waals surface area contributed by atoms with E-state index in [2.05, 4.69) is 30.3 Å². The van der Waals surface area contributed by atoms with Gasteiger partial charge in [-0.3, -0.25) is 9.78 Å². The summed E-state index contributed by atoms with van der Waals surface area (Å²) in [5.41, 5.74) is 3.32. The Labute approximate surface area is 167 Å². The van der Waals surface area contributed by atoms with E-state index in [4.69, 9.17) is 0 Å². The molecule has 0 aliphatic carbocycles. The summed E-state index contributed by atoms with van der Waals surface area (Å²) in [6, 6.07) is 11.3. The highest BCUT2D eigenvalue weighted by atomic mass is 16.1. The Bertz CT molecular complexity index is 1160. The van der Waals surface area contributed by atoms with Gasteiger partial charge in [0.2, 0.25) is 5.95 Å². The maximum absolute atomic E-state index is 12.7. The Hall–Kier alpha value is -3.81. The van der Waals surface area contributed by atoms with Crippen LogP contribution in [0.25, 0.3) is 16.8 Å². The maximum atomic E-state index is 12.7. The van der Waals surface area contributed by atoms with Crippen molar-refractivity contribution in [1.29, 1.82) is 0 Å². The second-order valence-corrected chi connectivity index (χ2v) is 7.00. The largest absolute Gasteiger partial charge is 0.347 e. The molecule has 0 bridgehead atoms. The molecular formula is C21H19N7O. The van der Waals surface area contributed by atoms with Crippen molar-refractivity contribution in [2.45, 2.75) is 12.5 Å². The summed E-state index contributed by atoms with van der Waals surface area (Å²) in [6.45, 7) is 1.47. The second kappa shape index (κ2) is 7.31. The summed E-state index contributed by atoms with van der Waals surface area (Å²) in [5.74, 6) is 0.592. The summed E-state index contributed by atoms with van der Waals surface area (Å²) in [7, 11) is 0. The highest BCUT2D eigenvalue weighted by Crippen LogP contribution is 2.21. The zero-order valence-electron chi connectivity index (χ0n) is 15.6. The van der Waals surface area contributed by atoms with Crippen molar-refractivity contribution in [3.8, 4) is 11.3 Å². The zero-order chi connectivity index (χ0) is 19.6.